The lowest BCUT2D eigenvalue weighted by Gasteiger charge is -2.33. The number of benzene rings is 2. The summed E-state index contributed by atoms with van der Waals surface area (Å²) < 4.78 is 11.6. The van der Waals surface area contributed by atoms with Crippen LogP contribution in [0.15, 0.2) is 79.1 Å². The van der Waals surface area contributed by atoms with E-state index >= 15 is 0 Å². The van der Waals surface area contributed by atoms with Crippen LogP contribution in [0, 0.1) is 0 Å². The number of pyridine rings is 1. The van der Waals surface area contributed by atoms with Crippen LogP contribution in [0.1, 0.15) is 22.0 Å². The van der Waals surface area contributed by atoms with Gasteiger partial charge in [-0.05, 0) is 42.0 Å². The van der Waals surface area contributed by atoms with Gasteiger partial charge in [0.15, 0.2) is 0 Å². The third-order valence-electron chi connectivity index (χ3n) is 4.50. The van der Waals surface area contributed by atoms with Gasteiger partial charge >= 0.3 is 0 Å². The second-order valence-electron chi connectivity index (χ2n) is 6.34. The van der Waals surface area contributed by atoms with Crippen LogP contribution in [0.4, 0.5) is 0 Å². The molecular weight excluding hydrogens is 340 g/mol. The third-order valence-corrected chi connectivity index (χ3v) is 4.50. The molecule has 3 aromatic rings. The molecule has 136 valence electrons. The molecule has 2 heterocycles. The molecule has 1 atom stereocenters. The van der Waals surface area contributed by atoms with Gasteiger partial charge in [-0.15, -0.1) is 0 Å². The second kappa shape index (κ2) is 8.01. The highest BCUT2D eigenvalue weighted by molar-refractivity contribution is 5.94. The summed E-state index contributed by atoms with van der Waals surface area (Å²) in [5.41, 5.74) is 1.73. The molecule has 0 radical (unpaired) electrons. The van der Waals surface area contributed by atoms with Crippen LogP contribution >= 0.6 is 0 Å². The molecule has 1 unspecified atom stereocenters. The summed E-state index contributed by atoms with van der Waals surface area (Å²) in [6.07, 6.45) is 3.26. The van der Waals surface area contributed by atoms with E-state index in [2.05, 4.69) is 4.98 Å². The van der Waals surface area contributed by atoms with E-state index in [0.717, 1.165) is 5.56 Å². The van der Waals surface area contributed by atoms with Gasteiger partial charge < -0.3 is 14.4 Å². The number of carbonyl (C=O) groups excluding carboxylic acids is 1. The molecule has 0 saturated carbocycles. The fraction of sp³-hybridized carbons (Fsp3) is 0.182. The molecule has 0 N–H and O–H groups in total. The smallest absolute Gasteiger partial charge is 0.254 e. The largest absolute Gasteiger partial charge is 0.456 e. The van der Waals surface area contributed by atoms with E-state index < -0.39 is 0 Å². The molecule has 0 bridgehead atoms. The van der Waals surface area contributed by atoms with Crippen LogP contribution in [0.3, 0.4) is 0 Å². The van der Waals surface area contributed by atoms with E-state index in [4.69, 9.17) is 9.47 Å². The van der Waals surface area contributed by atoms with Gasteiger partial charge in [-0.1, -0.05) is 30.3 Å². The normalized spacial score (nSPS) is 16.7. The highest BCUT2D eigenvalue weighted by atomic mass is 16.5. The number of nitrogens with zero attached hydrogens (tertiary/aromatic N) is 2. The molecule has 1 aliphatic rings. The summed E-state index contributed by atoms with van der Waals surface area (Å²) in [5.74, 6) is 1.34. The van der Waals surface area contributed by atoms with Crippen LogP contribution in [0.25, 0.3) is 0 Å². The first-order valence-corrected chi connectivity index (χ1v) is 8.93. The minimum atomic E-state index is -0.0860. The number of hydrogen-bond donors (Lipinski definition) is 0. The molecule has 5 nitrogen and oxygen atoms in total. The Morgan fingerprint density at radius 2 is 1.81 bits per heavy atom. The van der Waals surface area contributed by atoms with Crippen LogP contribution in [0.5, 0.6) is 11.5 Å². The molecule has 0 aliphatic carbocycles. The Kier molecular flexibility index (Phi) is 5.12. The maximum Gasteiger partial charge on any atom is 0.254 e. The minimum absolute atomic E-state index is 0.00663. The number of amides is 1. The molecule has 4 rings (SSSR count). The van der Waals surface area contributed by atoms with Crippen molar-refractivity contribution in [1.29, 1.82) is 0 Å². The quantitative estimate of drug-likeness (QED) is 0.703. The summed E-state index contributed by atoms with van der Waals surface area (Å²) in [6.45, 7) is 1.68. The summed E-state index contributed by atoms with van der Waals surface area (Å²) >= 11 is 0. The van der Waals surface area contributed by atoms with Crippen molar-refractivity contribution in [3.63, 3.8) is 0 Å². The number of carbonyl (C=O) groups is 1. The van der Waals surface area contributed by atoms with E-state index in [1.807, 2.05) is 47.4 Å². The SMILES string of the molecule is O=C(c1ccc(Oc2cccnc2)cc1)N1CCOC(c2ccccc2)C1. The Morgan fingerprint density at radius 1 is 1.00 bits per heavy atom. The van der Waals surface area contributed by atoms with Crippen molar-refractivity contribution in [1.82, 2.24) is 9.88 Å². The van der Waals surface area contributed by atoms with E-state index in [0.29, 0.717) is 36.8 Å². The lowest BCUT2D eigenvalue weighted by Crippen LogP contribution is -2.42. The Hall–Kier alpha value is -3.18. The fourth-order valence-corrected chi connectivity index (χ4v) is 3.09. The standard InChI is InChI=1S/C22H20N2O3/c25-22(24-13-14-26-21(16-24)17-5-2-1-3-6-17)18-8-10-19(11-9-18)27-20-7-4-12-23-15-20/h1-12,15,21H,13-14,16H2. The maximum atomic E-state index is 12.9. The van der Waals surface area contributed by atoms with Gasteiger partial charge in [0, 0.05) is 18.3 Å². The number of ether oxygens (including phenoxy) is 2. The second-order valence-corrected chi connectivity index (χ2v) is 6.34. The summed E-state index contributed by atoms with van der Waals surface area (Å²) in [7, 11) is 0. The highest BCUT2D eigenvalue weighted by Gasteiger charge is 2.26. The van der Waals surface area contributed by atoms with Gasteiger partial charge in [0.05, 0.1) is 19.3 Å². The molecule has 2 aromatic carbocycles. The molecule has 1 saturated heterocycles. The molecular formula is C22H20N2O3. The van der Waals surface area contributed by atoms with E-state index in [1.54, 1.807) is 36.7 Å². The molecule has 27 heavy (non-hydrogen) atoms. The van der Waals surface area contributed by atoms with Crippen molar-refractivity contribution < 1.29 is 14.3 Å². The maximum absolute atomic E-state index is 12.9. The Labute approximate surface area is 158 Å². The van der Waals surface area contributed by atoms with Crippen LogP contribution in [-0.4, -0.2) is 35.5 Å². The monoisotopic (exact) mass is 360 g/mol. The molecule has 1 aromatic heterocycles. The zero-order chi connectivity index (χ0) is 18.5. The Balaban J connectivity index is 1.43. The lowest BCUT2D eigenvalue weighted by atomic mass is 10.1. The lowest BCUT2D eigenvalue weighted by molar-refractivity contribution is -0.0228. The average molecular weight is 360 g/mol. The van der Waals surface area contributed by atoms with Crippen molar-refractivity contribution in [3.05, 3.63) is 90.3 Å². The predicted octanol–water partition coefficient (Wildman–Crippen LogP) is 4.09. The van der Waals surface area contributed by atoms with E-state index in [1.165, 1.54) is 0 Å². The molecule has 1 amide bonds. The molecule has 0 spiro atoms. The van der Waals surface area contributed by atoms with Crippen molar-refractivity contribution in [2.45, 2.75) is 6.10 Å². The number of morpholine rings is 1. The van der Waals surface area contributed by atoms with Gasteiger partial charge in [0.25, 0.3) is 5.91 Å². The van der Waals surface area contributed by atoms with Crippen molar-refractivity contribution in [2.24, 2.45) is 0 Å². The zero-order valence-electron chi connectivity index (χ0n) is 14.8. The van der Waals surface area contributed by atoms with Gasteiger partial charge in [-0.3, -0.25) is 9.78 Å². The first kappa shape index (κ1) is 17.2. The van der Waals surface area contributed by atoms with E-state index in [9.17, 15) is 4.79 Å². The summed E-state index contributed by atoms with van der Waals surface area (Å²) in [5, 5.41) is 0. The van der Waals surface area contributed by atoms with Crippen molar-refractivity contribution >= 4 is 5.91 Å². The zero-order valence-corrected chi connectivity index (χ0v) is 14.8. The van der Waals surface area contributed by atoms with Gasteiger partial charge in [0.2, 0.25) is 0 Å². The van der Waals surface area contributed by atoms with Crippen molar-refractivity contribution in [2.75, 3.05) is 19.7 Å². The first-order chi connectivity index (χ1) is 13.3. The fourth-order valence-electron chi connectivity index (χ4n) is 3.09. The van der Waals surface area contributed by atoms with Gasteiger partial charge in [-0.25, -0.2) is 0 Å². The minimum Gasteiger partial charge on any atom is -0.456 e. The van der Waals surface area contributed by atoms with Gasteiger partial charge in [0.1, 0.15) is 17.6 Å². The number of aromatic nitrogens is 1. The van der Waals surface area contributed by atoms with Gasteiger partial charge in [-0.2, -0.15) is 0 Å². The summed E-state index contributed by atoms with van der Waals surface area (Å²) in [6, 6.07) is 20.8. The Morgan fingerprint density at radius 3 is 2.56 bits per heavy atom. The topological polar surface area (TPSA) is 51.7 Å². The van der Waals surface area contributed by atoms with Crippen LogP contribution in [-0.2, 0) is 4.74 Å². The molecule has 5 heteroatoms. The molecule has 1 fully saturated rings. The average Bonchev–Trinajstić information content (AvgIpc) is 2.75. The Bertz CT molecular complexity index is 882. The van der Waals surface area contributed by atoms with Crippen molar-refractivity contribution in [3.8, 4) is 11.5 Å². The van der Waals surface area contributed by atoms with Crippen LogP contribution in [0.2, 0.25) is 0 Å². The summed E-state index contributed by atoms with van der Waals surface area (Å²) in [4.78, 5) is 18.7. The predicted molar refractivity (Wildman–Crippen MR) is 102 cm³/mol. The number of hydrogen-bond acceptors (Lipinski definition) is 4. The number of rotatable bonds is 4. The van der Waals surface area contributed by atoms with Crippen LogP contribution < -0.4 is 4.74 Å². The first-order valence-electron chi connectivity index (χ1n) is 8.93. The molecule has 1 aliphatic heterocycles. The third kappa shape index (κ3) is 4.15. The van der Waals surface area contributed by atoms with E-state index in [-0.39, 0.29) is 12.0 Å². The highest BCUT2D eigenvalue weighted by Crippen LogP contribution is 2.24.